The number of methoxy groups -OCH3 is 1. The van der Waals surface area contributed by atoms with E-state index >= 15 is 0 Å². The van der Waals surface area contributed by atoms with Crippen LogP contribution in [0.2, 0.25) is 0 Å². The Morgan fingerprint density at radius 1 is 1.07 bits per heavy atom. The summed E-state index contributed by atoms with van der Waals surface area (Å²) >= 11 is 0. The average molecular weight is 412 g/mol. The minimum atomic E-state index is -0.620. The van der Waals surface area contributed by atoms with Gasteiger partial charge in [0.15, 0.2) is 12.1 Å². The van der Waals surface area contributed by atoms with Crippen molar-refractivity contribution in [3.8, 4) is 5.75 Å². The van der Waals surface area contributed by atoms with Crippen molar-refractivity contribution < 1.29 is 23.5 Å². The number of carbonyl (C=O) groups is 2. The maximum atomic E-state index is 13.3. The zero-order chi connectivity index (χ0) is 21.9. The molecule has 1 N–H and O–H groups in total. The number of anilines is 1. The van der Waals surface area contributed by atoms with Gasteiger partial charge in [-0.05, 0) is 42.7 Å². The number of nitrogens with one attached hydrogen (secondary N) is 1. The molecule has 2 aromatic carbocycles. The molecule has 0 bridgehead atoms. The summed E-state index contributed by atoms with van der Waals surface area (Å²) in [5.41, 5.74) is 3.02. The van der Waals surface area contributed by atoms with Gasteiger partial charge in [-0.15, -0.1) is 0 Å². The minimum Gasteiger partial charge on any atom is -0.497 e. The maximum absolute atomic E-state index is 13.3. The Morgan fingerprint density at radius 2 is 1.67 bits per heavy atom. The van der Waals surface area contributed by atoms with E-state index in [2.05, 4.69) is 5.32 Å². The predicted octanol–water partition coefficient (Wildman–Crippen LogP) is 3.60. The maximum Gasteiger partial charge on any atom is 0.362 e. The van der Waals surface area contributed by atoms with E-state index in [-0.39, 0.29) is 29.5 Å². The molecule has 0 unspecified atom stereocenters. The van der Waals surface area contributed by atoms with Gasteiger partial charge in [0.05, 0.1) is 21.2 Å². The van der Waals surface area contributed by atoms with E-state index in [9.17, 15) is 9.59 Å². The van der Waals surface area contributed by atoms with E-state index < -0.39 is 5.54 Å². The second kappa shape index (κ2) is 8.48. The van der Waals surface area contributed by atoms with Crippen LogP contribution in [0.1, 0.15) is 29.5 Å². The molecule has 160 valence electrons. The van der Waals surface area contributed by atoms with Crippen molar-refractivity contribution in [1.29, 1.82) is 0 Å². The van der Waals surface area contributed by atoms with Crippen molar-refractivity contribution in [3.05, 3.63) is 59.2 Å². The Morgan fingerprint density at radius 3 is 2.20 bits per heavy atom. The van der Waals surface area contributed by atoms with Crippen LogP contribution in [0.4, 0.5) is 5.69 Å². The summed E-state index contributed by atoms with van der Waals surface area (Å²) in [5, 5.41) is 3.11. The smallest absolute Gasteiger partial charge is 0.362 e. The number of carbonyl (C=O) groups excluding carboxylic acids is 2. The van der Waals surface area contributed by atoms with Crippen LogP contribution >= 0.6 is 0 Å². The zero-order valence-corrected chi connectivity index (χ0v) is 18.5. The molecular formula is C24H31N2O4+. The molecule has 6 heteroatoms. The van der Waals surface area contributed by atoms with Gasteiger partial charge in [0, 0.05) is 18.5 Å². The lowest BCUT2D eigenvalue weighted by atomic mass is 10.1. The van der Waals surface area contributed by atoms with Crippen LogP contribution in [0.25, 0.3) is 0 Å². The van der Waals surface area contributed by atoms with E-state index in [1.807, 2.05) is 70.4 Å². The molecule has 6 nitrogen and oxygen atoms in total. The number of amides is 1. The molecule has 0 saturated heterocycles. The minimum absolute atomic E-state index is 0.0558. The van der Waals surface area contributed by atoms with Crippen LogP contribution in [0, 0.1) is 13.8 Å². The molecule has 30 heavy (non-hydrogen) atoms. The molecule has 0 aromatic heterocycles. The molecule has 1 fully saturated rings. The Bertz CT molecular complexity index is 910. The molecule has 1 saturated carbocycles. The van der Waals surface area contributed by atoms with E-state index in [1.165, 1.54) is 0 Å². The lowest BCUT2D eigenvalue weighted by Gasteiger charge is -2.36. The average Bonchev–Trinajstić information content (AvgIpc) is 3.52. The fraction of sp³-hybridized carbons (Fsp3) is 0.417. The van der Waals surface area contributed by atoms with Crippen LogP contribution in [0.5, 0.6) is 5.75 Å². The van der Waals surface area contributed by atoms with Gasteiger partial charge in [-0.25, -0.2) is 4.79 Å². The monoisotopic (exact) mass is 411 g/mol. The van der Waals surface area contributed by atoms with E-state index in [0.717, 1.165) is 41.0 Å². The topological polar surface area (TPSA) is 64.6 Å². The first-order chi connectivity index (χ1) is 14.2. The molecule has 0 atom stereocenters. The second-order valence-corrected chi connectivity index (χ2v) is 8.61. The first-order valence-electron chi connectivity index (χ1n) is 10.2. The highest BCUT2D eigenvalue weighted by Gasteiger charge is 2.63. The lowest BCUT2D eigenvalue weighted by molar-refractivity contribution is -0.909. The summed E-state index contributed by atoms with van der Waals surface area (Å²) in [5.74, 6) is 0.404. The summed E-state index contributed by atoms with van der Waals surface area (Å²) in [4.78, 5) is 25.7. The van der Waals surface area contributed by atoms with Crippen LogP contribution in [0.3, 0.4) is 0 Å². The summed E-state index contributed by atoms with van der Waals surface area (Å²) in [7, 11) is 5.47. The quantitative estimate of drug-likeness (QED) is 0.532. The van der Waals surface area contributed by atoms with Crippen molar-refractivity contribution in [3.63, 3.8) is 0 Å². The molecule has 3 rings (SSSR count). The second-order valence-electron chi connectivity index (χ2n) is 8.61. The Balaban J connectivity index is 1.66. The number of aryl methyl sites for hydroxylation is 2. The number of rotatable bonds is 8. The Kier molecular flexibility index (Phi) is 6.17. The fourth-order valence-corrected chi connectivity index (χ4v) is 3.95. The molecular weight excluding hydrogens is 380 g/mol. The lowest BCUT2D eigenvalue weighted by Crippen LogP contribution is -2.59. The van der Waals surface area contributed by atoms with E-state index in [0.29, 0.717) is 0 Å². The number of nitrogens with zero attached hydrogens (tertiary/aromatic N) is 1. The van der Waals surface area contributed by atoms with Gasteiger partial charge in [-0.3, -0.25) is 4.79 Å². The van der Waals surface area contributed by atoms with Crippen LogP contribution in [-0.2, 0) is 20.9 Å². The molecule has 1 aliphatic carbocycles. The molecule has 0 heterocycles. The fourth-order valence-electron chi connectivity index (χ4n) is 3.95. The van der Waals surface area contributed by atoms with Gasteiger partial charge in [-0.2, -0.15) is 0 Å². The molecule has 0 spiro atoms. The van der Waals surface area contributed by atoms with Crippen molar-refractivity contribution in [1.82, 2.24) is 0 Å². The highest BCUT2D eigenvalue weighted by molar-refractivity contribution is 6.00. The highest BCUT2D eigenvalue weighted by atomic mass is 16.5. The Hall–Kier alpha value is -2.86. The molecule has 0 aliphatic heterocycles. The summed E-state index contributed by atoms with van der Waals surface area (Å²) in [6.45, 7) is 4.28. The third kappa shape index (κ3) is 4.49. The molecule has 2 aromatic rings. The van der Waals surface area contributed by atoms with Gasteiger partial charge >= 0.3 is 5.97 Å². The molecule has 1 amide bonds. The van der Waals surface area contributed by atoms with Crippen LogP contribution in [-0.4, -0.2) is 49.6 Å². The molecule has 1 aliphatic rings. The molecule has 0 radical (unpaired) electrons. The highest BCUT2D eigenvalue weighted by Crippen LogP contribution is 2.46. The Labute approximate surface area is 178 Å². The number of likely N-dealkylation sites (N-methyl/N-ethyl adjacent to an activating group) is 1. The summed E-state index contributed by atoms with van der Waals surface area (Å²) in [6, 6.07) is 13.4. The number of esters is 1. The number of hydrogen-bond donors (Lipinski definition) is 1. The van der Waals surface area contributed by atoms with Crippen LogP contribution in [0.15, 0.2) is 42.5 Å². The third-order valence-electron chi connectivity index (χ3n) is 6.05. The first-order valence-corrected chi connectivity index (χ1v) is 10.2. The predicted molar refractivity (Wildman–Crippen MR) is 116 cm³/mol. The van der Waals surface area contributed by atoms with E-state index in [4.69, 9.17) is 9.47 Å². The number of benzene rings is 2. The number of ether oxygens (including phenoxy) is 2. The number of quaternary nitrogens is 1. The zero-order valence-electron chi connectivity index (χ0n) is 18.5. The SMILES string of the molecule is COc1cc(C)c(NC(=O)C2([N+](C)(C)CC(=O)OCc3ccccc3)CC2)c(C)c1. The van der Waals surface area contributed by atoms with Gasteiger partial charge in [-0.1, -0.05) is 30.3 Å². The number of hydrogen-bond acceptors (Lipinski definition) is 4. The van der Waals surface area contributed by atoms with E-state index in [1.54, 1.807) is 7.11 Å². The normalized spacial score (nSPS) is 14.7. The van der Waals surface area contributed by atoms with Crippen LogP contribution < -0.4 is 10.1 Å². The van der Waals surface area contributed by atoms with Crippen molar-refractivity contribution >= 4 is 17.6 Å². The van der Waals surface area contributed by atoms with Gasteiger partial charge in [0.2, 0.25) is 0 Å². The summed E-state index contributed by atoms with van der Waals surface area (Å²) < 4.78 is 11.0. The van der Waals surface area contributed by atoms with Gasteiger partial charge in [0.25, 0.3) is 5.91 Å². The third-order valence-corrected chi connectivity index (χ3v) is 6.05. The standard InChI is InChI=1S/C24H30N2O4/c1-17-13-20(29-5)14-18(2)22(17)25-23(28)24(11-12-24)26(3,4)15-21(27)30-16-19-9-7-6-8-10-19/h6-10,13-14H,11-12,15-16H2,1-5H3/p+1. The van der Waals surface area contributed by atoms with Crippen molar-refractivity contribution in [2.24, 2.45) is 0 Å². The summed E-state index contributed by atoms with van der Waals surface area (Å²) in [6.07, 6.45) is 1.48. The van der Waals surface area contributed by atoms with Gasteiger partial charge < -0.3 is 19.3 Å². The van der Waals surface area contributed by atoms with Crippen molar-refractivity contribution in [2.45, 2.75) is 38.8 Å². The first kappa shape index (κ1) is 21.8. The van der Waals surface area contributed by atoms with Crippen molar-refractivity contribution in [2.75, 3.05) is 33.1 Å². The van der Waals surface area contributed by atoms with Gasteiger partial charge in [0.1, 0.15) is 12.4 Å². The largest absolute Gasteiger partial charge is 0.497 e.